The van der Waals surface area contributed by atoms with Crippen LogP contribution in [0.2, 0.25) is 0 Å². The molecule has 4 heteroatoms. The van der Waals surface area contributed by atoms with Crippen molar-refractivity contribution in [2.24, 2.45) is 5.73 Å². The molecule has 100 valence electrons. The Morgan fingerprint density at radius 2 is 2.17 bits per heavy atom. The summed E-state index contributed by atoms with van der Waals surface area (Å²) < 4.78 is 0. The lowest BCUT2D eigenvalue weighted by Gasteiger charge is -2.18. The summed E-state index contributed by atoms with van der Waals surface area (Å²) in [6.07, 6.45) is 1.06. The standard InChI is InChI=1S/C14H23N3O/c1-3-8-17(4-2)11-14(18)16-13-7-5-6-12(9-13)10-15/h5-7,9H,3-4,8,10-11,15H2,1-2H3,(H,16,18). The minimum absolute atomic E-state index is 0.0273. The van der Waals surface area contributed by atoms with Gasteiger partial charge < -0.3 is 11.1 Å². The van der Waals surface area contributed by atoms with Gasteiger partial charge in [-0.15, -0.1) is 0 Å². The monoisotopic (exact) mass is 249 g/mol. The molecule has 1 amide bonds. The van der Waals surface area contributed by atoms with Crippen LogP contribution in [0.15, 0.2) is 24.3 Å². The summed E-state index contributed by atoms with van der Waals surface area (Å²) in [4.78, 5) is 14.0. The highest BCUT2D eigenvalue weighted by molar-refractivity contribution is 5.92. The van der Waals surface area contributed by atoms with E-state index in [0.29, 0.717) is 13.1 Å². The second kappa shape index (κ2) is 7.84. The van der Waals surface area contributed by atoms with Gasteiger partial charge in [-0.3, -0.25) is 9.69 Å². The normalized spacial score (nSPS) is 10.7. The van der Waals surface area contributed by atoms with Crippen LogP contribution >= 0.6 is 0 Å². The number of hydrogen-bond donors (Lipinski definition) is 2. The lowest BCUT2D eigenvalue weighted by molar-refractivity contribution is -0.117. The van der Waals surface area contributed by atoms with Gasteiger partial charge in [0.2, 0.25) is 5.91 Å². The molecule has 1 aromatic carbocycles. The first-order chi connectivity index (χ1) is 8.69. The Hall–Kier alpha value is -1.39. The van der Waals surface area contributed by atoms with E-state index in [1.165, 1.54) is 0 Å². The molecule has 0 spiro atoms. The molecular weight excluding hydrogens is 226 g/mol. The summed E-state index contributed by atoms with van der Waals surface area (Å²) in [5, 5.41) is 2.90. The second-order valence-corrected chi connectivity index (χ2v) is 4.32. The third-order valence-corrected chi connectivity index (χ3v) is 2.80. The summed E-state index contributed by atoms with van der Waals surface area (Å²) in [6.45, 7) is 6.96. The number of nitrogens with two attached hydrogens (primary N) is 1. The maximum absolute atomic E-state index is 11.9. The fraction of sp³-hybridized carbons (Fsp3) is 0.500. The molecule has 0 saturated heterocycles. The summed E-state index contributed by atoms with van der Waals surface area (Å²) >= 11 is 0. The van der Waals surface area contributed by atoms with Crippen LogP contribution in [0.3, 0.4) is 0 Å². The zero-order valence-electron chi connectivity index (χ0n) is 11.3. The van der Waals surface area contributed by atoms with Crippen molar-refractivity contribution in [3.63, 3.8) is 0 Å². The van der Waals surface area contributed by atoms with Crippen molar-refractivity contribution in [1.82, 2.24) is 4.90 Å². The molecule has 1 aromatic rings. The van der Waals surface area contributed by atoms with E-state index in [9.17, 15) is 4.79 Å². The van der Waals surface area contributed by atoms with E-state index in [2.05, 4.69) is 24.1 Å². The first-order valence-electron chi connectivity index (χ1n) is 6.50. The van der Waals surface area contributed by atoms with Crippen molar-refractivity contribution in [2.45, 2.75) is 26.8 Å². The van der Waals surface area contributed by atoms with E-state index < -0.39 is 0 Å². The van der Waals surface area contributed by atoms with E-state index in [1.807, 2.05) is 24.3 Å². The number of carbonyl (C=O) groups excluding carboxylic acids is 1. The molecule has 0 unspecified atom stereocenters. The summed E-state index contributed by atoms with van der Waals surface area (Å²) in [7, 11) is 0. The minimum atomic E-state index is 0.0273. The maximum Gasteiger partial charge on any atom is 0.238 e. The Kier molecular flexibility index (Phi) is 6.39. The molecule has 4 nitrogen and oxygen atoms in total. The molecule has 1 rings (SSSR count). The minimum Gasteiger partial charge on any atom is -0.326 e. The Labute approximate surface area is 109 Å². The number of amides is 1. The first kappa shape index (κ1) is 14.7. The van der Waals surface area contributed by atoms with Gasteiger partial charge in [-0.1, -0.05) is 26.0 Å². The van der Waals surface area contributed by atoms with Gasteiger partial charge in [0.25, 0.3) is 0 Å². The summed E-state index contributed by atoms with van der Waals surface area (Å²) in [6, 6.07) is 7.65. The van der Waals surface area contributed by atoms with Crippen molar-refractivity contribution in [1.29, 1.82) is 0 Å². The average molecular weight is 249 g/mol. The average Bonchev–Trinajstić information content (AvgIpc) is 2.38. The molecule has 0 bridgehead atoms. The lowest BCUT2D eigenvalue weighted by Crippen LogP contribution is -2.33. The third-order valence-electron chi connectivity index (χ3n) is 2.80. The topological polar surface area (TPSA) is 58.4 Å². The Morgan fingerprint density at radius 3 is 2.78 bits per heavy atom. The van der Waals surface area contributed by atoms with Crippen LogP contribution in [0.1, 0.15) is 25.8 Å². The van der Waals surface area contributed by atoms with Gasteiger partial charge in [0.05, 0.1) is 6.54 Å². The zero-order chi connectivity index (χ0) is 13.4. The molecule has 0 aliphatic rings. The molecule has 18 heavy (non-hydrogen) atoms. The van der Waals surface area contributed by atoms with Crippen molar-refractivity contribution < 1.29 is 4.79 Å². The molecule has 3 N–H and O–H groups in total. The molecular formula is C14H23N3O. The number of likely N-dealkylation sites (N-methyl/N-ethyl adjacent to an activating group) is 1. The third kappa shape index (κ3) is 4.85. The quantitative estimate of drug-likeness (QED) is 0.775. The Balaban J connectivity index is 2.52. The molecule has 0 aromatic heterocycles. The summed E-state index contributed by atoms with van der Waals surface area (Å²) in [5.41, 5.74) is 7.41. The van der Waals surface area contributed by atoms with Gasteiger partial charge in [-0.25, -0.2) is 0 Å². The number of rotatable bonds is 7. The van der Waals surface area contributed by atoms with Crippen LogP contribution in [0.5, 0.6) is 0 Å². The van der Waals surface area contributed by atoms with E-state index in [1.54, 1.807) is 0 Å². The number of carbonyl (C=O) groups is 1. The van der Waals surface area contributed by atoms with Crippen LogP contribution in [0.25, 0.3) is 0 Å². The number of nitrogens with zero attached hydrogens (tertiary/aromatic N) is 1. The molecule has 0 radical (unpaired) electrons. The van der Waals surface area contributed by atoms with Crippen molar-refractivity contribution in [3.05, 3.63) is 29.8 Å². The molecule has 0 saturated carbocycles. The second-order valence-electron chi connectivity index (χ2n) is 4.32. The van der Waals surface area contributed by atoms with E-state index in [0.717, 1.165) is 30.8 Å². The van der Waals surface area contributed by atoms with Crippen LogP contribution in [0.4, 0.5) is 5.69 Å². The van der Waals surface area contributed by atoms with Gasteiger partial charge in [0, 0.05) is 12.2 Å². The van der Waals surface area contributed by atoms with Gasteiger partial charge in [-0.2, -0.15) is 0 Å². The predicted molar refractivity (Wildman–Crippen MR) is 75.4 cm³/mol. The van der Waals surface area contributed by atoms with Gasteiger partial charge in [0.1, 0.15) is 0 Å². The Morgan fingerprint density at radius 1 is 1.39 bits per heavy atom. The van der Waals surface area contributed by atoms with Gasteiger partial charge in [-0.05, 0) is 37.2 Å². The fourth-order valence-electron chi connectivity index (χ4n) is 1.84. The highest BCUT2D eigenvalue weighted by Gasteiger charge is 2.08. The SMILES string of the molecule is CCCN(CC)CC(=O)Nc1cccc(CN)c1. The van der Waals surface area contributed by atoms with Crippen molar-refractivity contribution in [3.8, 4) is 0 Å². The zero-order valence-corrected chi connectivity index (χ0v) is 11.3. The summed E-state index contributed by atoms with van der Waals surface area (Å²) in [5.74, 6) is 0.0273. The lowest BCUT2D eigenvalue weighted by atomic mass is 10.2. The molecule has 0 heterocycles. The van der Waals surface area contributed by atoms with Crippen LogP contribution < -0.4 is 11.1 Å². The van der Waals surface area contributed by atoms with Gasteiger partial charge >= 0.3 is 0 Å². The fourth-order valence-corrected chi connectivity index (χ4v) is 1.84. The van der Waals surface area contributed by atoms with Crippen LogP contribution in [0, 0.1) is 0 Å². The van der Waals surface area contributed by atoms with E-state index >= 15 is 0 Å². The number of anilines is 1. The number of hydrogen-bond acceptors (Lipinski definition) is 3. The van der Waals surface area contributed by atoms with Gasteiger partial charge in [0.15, 0.2) is 0 Å². The first-order valence-corrected chi connectivity index (χ1v) is 6.50. The molecule has 0 aliphatic carbocycles. The highest BCUT2D eigenvalue weighted by atomic mass is 16.2. The predicted octanol–water partition coefficient (Wildman–Crippen LogP) is 1.82. The van der Waals surface area contributed by atoms with Crippen molar-refractivity contribution >= 4 is 11.6 Å². The van der Waals surface area contributed by atoms with E-state index in [-0.39, 0.29) is 5.91 Å². The largest absolute Gasteiger partial charge is 0.326 e. The Bertz CT molecular complexity index is 379. The van der Waals surface area contributed by atoms with Crippen LogP contribution in [-0.4, -0.2) is 30.4 Å². The number of nitrogens with one attached hydrogen (secondary N) is 1. The maximum atomic E-state index is 11.9. The molecule has 0 aliphatic heterocycles. The number of benzene rings is 1. The van der Waals surface area contributed by atoms with E-state index in [4.69, 9.17) is 5.73 Å². The smallest absolute Gasteiger partial charge is 0.238 e. The molecule has 0 atom stereocenters. The van der Waals surface area contributed by atoms with Crippen molar-refractivity contribution in [2.75, 3.05) is 25.0 Å². The molecule has 0 fully saturated rings. The highest BCUT2D eigenvalue weighted by Crippen LogP contribution is 2.10. The van der Waals surface area contributed by atoms with Crippen LogP contribution in [-0.2, 0) is 11.3 Å².